The van der Waals surface area contributed by atoms with Crippen LogP contribution in [0.1, 0.15) is 62.5 Å². The summed E-state index contributed by atoms with van der Waals surface area (Å²) >= 11 is 0. The molecule has 2 aliphatic rings. The predicted octanol–water partition coefficient (Wildman–Crippen LogP) is -0.137. The number of benzene rings is 2. The molecular weight excluding hydrogens is 837 g/mol. The van der Waals surface area contributed by atoms with Gasteiger partial charge in [0.05, 0.1) is 69.2 Å². The Morgan fingerprint density at radius 1 is 0.922 bits per heavy atom. The monoisotopic (exact) mass is 884 g/mol. The van der Waals surface area contributed by atoms with E-state index in [9.17, 15) is 38.7 Å². The number of rotatable bonds is 23. The minimum Gasteiger partial charge on any atom is -0.480 e. The lowest BCUT2D eigenvalue weighted by atomic mass is 10.0. The minimum atomic E-state index is -1.30. The number of carbonyl (C=O) groups is 7. The molecule has 2 aliphatic heterocycles. The average molecular weight is 885 g/mol. The molecule has 0 saturated carbocycles. The van der Waals surface area contributed by atoms with Crippen molar-refractivity contribution < 1.29 is 52.9 Å². The molecule has 23 heteroatoms. The molecule has 0 aliphatic carbocycles. The predicted molar refractivity (Wildman–Crippen MR) is 228 cm³/mol. The number of carboxylic acids is 1. The third kappa shape index (κ3) is 11.8. The number of nitrogen functional groups attached to an aromatic ring is 2. The van der Waals surface area contributed by atoms with Gasteiger partial charge in [0.15, 0.2) is 17.0 Å². The van der Waals surface area contributed by atoms with E-state index in [0.717, 1.165) is 10.6 Å². The lowest BCUT2D eigenvalue weighted by molar-refractivity contribution is -0.140. The largest absolute Gasteiger partial charge is 0.480 e. The molecule has 23 nitrogen and oxygen atoms in total. The number of piperidine rings is 1. The quantitative estimate of drug-likeness (QED) is 0.0377. The second-order valence-electron chi connectivity index (χ2n) is 14.6. The summed E-state index contributed by atoms with van der Waals surface area (Å²) in [6, 6.07) is 8.99. The highest BCUT2D eigenvalue weighted by atomic mass is 16.5. The van der Waals surface area contributed by atoms with Crippen LogP contribution in [0.2, 0.25) is 0 Å². The Morgan fingerprint density at radius 3 is 2.33 bits per heavy atom. The van der Waals surface area contributed by atoms with Crippen LogP contribution < -0.4 is 37.6 Å². The van der Waals surface area contributed by atoms with Crippen molar-refractivity contribution in [3.8, 4) is 0 Å². The number of nitrogens with one attached hydrogen (secondary N) is 4. The fourth-order valence-electron chi connectivity index (χ4n) is 6.85. The zero-order valence-electron chi connectivity index (χ0n) is 34.8. The summed E-state index contributed by atoms with van der Waals surface area (Å²) in [6.07, 6.45) is 1.38. The molecule has 0 radical (unpaired) electrons. The minimum absolute atomic E-state index is 0.000936. The summed E-state index contributed by atoms with van der Waals surface area (Å²) in [5.74, 6) is -4.47. The normalized spacial score (nSPS) is 15.1. The second kappa shape index (κ2) is 21.6. The molecule has 1 saturated heterocycles. The molecule has 1 fully saturated rings. The lowest BCUT2D eigenvalue weighted by Crippen LogP contribution is -2.54. The van der Waals surface area contributed by atoms with Gasteiger partial charge in [0, 0.05) is 49.9 Å². The average Bonchev–Trinajstić information content (AvgIpc) is 3.52. The highest BCUT2D eigenvalue weighted by molar-refractivity contribution is 6.25. The van der Waals surface area contributed by atoms with Crippen LogP contribution in [0.5, 0.6) is 0 Å². The van der Waals surface area contributed by atoms with Crippen molar-refractivity contribution in [2.45, 2.75) is 44.3 Å². The summed E-state index contributed by atoms with van der Waals surface area (Å²) in [6.45, 7) is 2.40. The topological polar surface area (TPSA) is 326 Å². The number of fused-ring (bicyclic) bond motifs is 2. The highest BCUT2D eigenvalue weighted by Gasteiger charge is 2.45. The molecule has 6 rings (SSSR count). The maximum Gasteiger partial charge on any atom is 0.326 e. The first-order valence-electron chi connectivity index (χ1n) is 20.3. The number of ether oxygens (including phenoxy) is 3. The summed E-state index contributed by atoms with van der Waals surface area (Å²) in [4.78, 5) is 107. The van der Waals surface area contributed by atoms with Crippen molar-refractivity contribution in [3.05, 3.63) is 71.0 Å². The molecule has 1 unspecified atom stereocenters. The third-order valence-electron chi connectivity index (χ3n) is 10.1. The Bertz CT molecular complexity index is 2400. The number of nitrogens with zero attached hydrogens (tertiary/aromatic N) is 6. The van der Waals surface area contributed by atoms with Crippen molar-refractivity contribution in [3.63, 3.8) is 0 Å². The van der Waals surface area contributed by atoms with Gasteiger partial charge in [-0.3, -0.25) is 39.0 Å². The highest BCUT2D eigenvalue weighted by Crippen LogP contribution is 2.32. The van der Waals surface area contributed by atoms with Crippen LogP contribution in [0, 0.1) is 0 Å². The number of amides is 6. The van der Waals surface area contributed by atoms with Gasteiger partial charge < -0.3 is 51.6 Å². The maximum atomic E-state index is 13.2. The van der Waals surface area contributed by atoms with E-state index in [1.54, 1.807) is 42.6 Å². The Morgan fingerprint density at radius 2 is 1.62 bits per heavy atom. The van der Waals surface area contributed by atoms with Crippen LogP contribution in [0.4, 0.5) is 23.1 Å². The van der Waals surface area contributed by atoms with Gasteiger partial charge in [-0.1, -0.05) is 6.07 Å². The van der Waals surface area contributed by atoms with Gasteiger partial charge in [-0.05, 0) is 49.2 Å². The van der Waals surface area contributed by atoms with Crippen molar-refractivity contribution in [2.75, 3.05) is 81.5 Å². The van der Waals surface area contributed by atoms with Crippen LogP contribution in [-0.2, 0) is 39.9 Å². The number of hydrogen-bond acceptors (Lipinski definition) is 18. The molecule has 2 atom stereocenters. The smallest absolute Gasteiger partial charge is 0.326 e. The van der Waals surface area contributed by atoms with Gasteiger partial charge in [0.2, 0.25) is 23.7 Å². The lowest BCUT2D eigenvalue weighted by Gasteiger charge is -2.27. The molecule has 2 aromatic carbocycles. The summed E-state index contributed by atoms with van der Waals surface area (Å²) in [7, 11) is 1.82. The standard InChI is InChI=1S/C41H48N12O11/c1-52(22-24-21-46-35-33(47-24)34(42)50-41(43)51-35)25-7-5-23(6-8-25)36(56)48-28(40(60)61)9-11-30(54)45-14-16-63-18-20-64-19-17-62-15-13-44-27-4-2-3-26-32(27)39(59)53(38(26)58)29-10-12-31(55)49-37(29)57/h2-8,21,28-29,44H,9-20,22H2,1H3,(H,45,54)(H,48,56)(H,60,61)(H,49,55,57)(H4,42,43,46,50,51)/t28-,29?/m0/s1. The number of aromatic nitrogens is 4. The number of anilines is 4. The van der Waals surface area contributed by atoms with E-state index in [0.29, 0.717) is 30.0 Å². The number of imide groups is 2. The van der Waals surface area contributed by atoms with Crippen LogP contribution in [0.25, 0.3) is 11.2 Å². The molecule has 4 heterocycles. The van der Waals surface area contributed by atoms with Crippen molar-refractivity contribution in [2.24, 2.45) is 0 Å². The van der Waals surface area contributed by atoms with E-state index in [4.69, 9.17) is 25.7 Å². The van der Waals surface area contributed by atoms with Crippen LogP contribution >= 0.6 is 0 Å². The van der Waals surface area contributed by atoms with E-state index >= 15 is 0 Å². The van der Waals surface area contributed by atoms with E-state index in [-0.39, 0.29) is 106 Å². The van der Waals surface area contributed by atoms with Gasteiger partial charge in [-0.25, -0.2) is 14.8 Å². The fraction of sp³-hybridized carbons (Fsp3) is 0.390. The molecule has 0 bridgehead atoms. The molecular formula is C41H48N12O11. The maximum absolute atomic E-state index is 13.2. The molecule has 6 amide bonds. The Hall–Kier alpha value is -7.37. The van der Waals surface area contributed by atoms with E-state index in [2.05, 4.69) is 41.2 Å². The first kappa shape index (κ1) is 46.1. The van der Waals surface area contributed by atoms with Gasteiger partial charge in [0.25, 0.3) is 17.7 Å². The first-order chi connectivity index (χ1) is 30.8. The summed E-state index contributed by atoms with van der Waals surface area (Å²) in [5.41, 5.74) is 14.5. The second-order valence-corrected chi connectivity index (χ2v) is 14.6. The number of hydrogen-bond donors (Lipinski definition) is 7. The van der Waals surface area contributed by atoms with Crippen LogP contribution in [0.15, 0.2) is 48.7 Å². The van der Waals surface area contributed by atoms with Crippen LogP contribution in [-0.4, -0.2) is 143 Å². The van der Waals surface area contributed by atoms with E-state index in [1.807, 2.05) is 11.9 Å². The molecule has 2 aromatic heterocycles. The van der Waals surface area contributed by atoms with E-state index in [1.165, 1.54) is 6.07 Å². The number of aliphatic carboxylic acids is 1. The van der Waals surface area contributed by atoms with Gasteiger partial charge in [-0.15, -0.1) is 0 Å². The fourth-order valence-corrected chi connectivity index (χ4v) is 6.85. The van der Waals surface area contributed by atoms with Gasteiger partial charge in [-0.2, -0.15) is 9.97 Å². The van der Waals surface area contributed by atoms with Crippen LogP contribution in [0.3, 0.4) is 0 Å². The number of carbonyl (C=O) groups excluding carboxylic acids is 6. The SMILES string of the molecule is CN(Cc1cnc2nc(N)nc(N)c2n1)c1ccc(C(=O)N[C@@H](CCC(=O)NCCOCCOCCOCCNc2cccc3c2C(=O)N(C2CCC(=O)NC2=O)C3=O)C(=O)O)cc1. The van der Waals surface area contributed by atoms with E-state index < -0.39 is 53.5 Å². The van der Waals surface area contributed by atoms with Crippen molar-refractivity contribution in [1.82, 2.24) is 40.8 Å². The van der Waals surface area contributed by atoms with Gasteiger partial charge >= 0.3 is 5.97 Å². The summed E-state index contributed by atoms with van der Waals surface area (Å²) in [5, 5.41) is 20.1. The zero-order chi connectivity index (χ0) is 45.8. The third-order valence-corrected chi connectivity index (χ3v) is 10.1. The molecule has 64 heavy (non-hydrogen) atoms. The van der Waals surface area contributed by atoms with Crippen molar-refractivity contribution >= 4 is 75.7 Å². The zero-order valence-corrected chi connectivity index (χ0v) is 34.8. The molecule has 0 spiro atoms. The Labute approximate surface area is 365 Å². The molecule has 9 N–H and O–H groups in total. The molecule has 338 valence electrons. The van der Waals surface area contributed by atoms with Gasteiger partial charge in [0.1, 0.15) is 12.1 Å². The van der Waals surface area contributed by atoms with Crippen molar-refractivity contribution in [1.29, 1.82) is 0 Å². The Balaban J connectivity index is 0.796. The Kier molecular flexibility index (Phi) is 15.6. The summed E-state index contributed by atoms with van der Waals surface area (Å²) < 4.78 is 16.6. The number of nitrogens with two attached hydrogens (primary N) is 2. The molecule has 4 aromatic rings. The number of carboxylic acid groups (broad SMARTS) is 1. The first-order valence-corrected chi connectivity index (χ1v) is 20.3.